The Kier molecular flexibility index (Phi) is 7.54. The van der Waals surface area contributed by atoms with E-state index in [-0.39, 0.29) is 11.9 Å². The predicted molar refractivity (Wildman–Crippen MR) is 142 cm³/mol. The first kappa shape index (κ1) is 24.5. The van der Waals surface area contributed by atoms with Crippen LogP contribution >= 0.6 is 0 Å². The lowest BCUT2D eigenvalue weighted by atomic mass is 10.0. The van der Waals surface area contributed by atoms with Gasteiger partial charge >= 0.3 is 0 Å². The van der Waals surface area contributed by atoms with Crippen LogP contribution in [0.15, 0.2) is 66.7 Å². The Bertz CT molecular complexity index is 1310. The summed E-state index contributed by atoms with van der Waals surface area (Å²) in [5.74, 6) is 2.17. The van der Waals surface area contributed by atoms with E-state index in [2.05, 4.69) is 41.9 Å². The van der Waals surface area contributed by atoms with Crippen LogP contribution in [0.5, 0.6) is 5.75 Å². The highest BCUT2D eigenvalue weighted by Crippen LogP contribution is 2.23. The summed E-state index contributed by atoms with van der Waals surface area (Å²) >= 11 is 0. The van der Waals surface area contributed by atoms with Gasteiger partial charge in [-0.1, -0.05) is 55.8 Å². The van der Waals surface area contributed by atoms with Gasteiger partial charge in [0, 0.05) is 12.1 Å². The molecule has 1 heterocycles. The van der Waals surface area contributed by atoms with Crippen molar-refractivity contribution in [2.75, 3.05) is 6.61 Å². The maximum absolute atomic E-state index is 13.0. The van der Waals surface area contributed by atoms with Crippen LogP contribution in [-0.2, 0) is 6.54 Å². The van der Waals surface area contributed by atoms with E-state index in [4.69, 9.17) is 9.72 Å². The Balaban J connectivity index is 1.46. The van der Waals surface area contributed by atoms with Crippen molar-refractivity contribution in [1.82, 2.24) is 14.9 Å². The number of nitrogens with one attached hydrogen (secondary N) is 1. The van der Waals surface area contributed by atoms with Crippen LogP contribution in [0.1, 0.15) is 72.0 Å². The first-order chi connectivity index (χ1) is 16.8. The van der Waals surface area contributed by atoms with E-state index in [1.54, 1.807) is 0 Å². The molecule has 35 heavy (non-hydrogen) atoms. The zero-order valence-corrected chi connectivity index (χ0v) is 21.3. The number of fused-ring (bicyclic) bond motifs is 1. The number of aromatic nitrogens is 2. The van der Waals surface area contributed by atoms with Gasteiger partial charge in [0.05, 0.1) is 23.7 Å². The highest BCUT2D eigenvalue weighted by Gasteiger charge is 2.20. The molecule has 0 aliphatic carbocycles. The van der Waals surface area contributed by atoms with E-state index < -0.39 is 0 Å². The van der Waals surface area contributed by atoms with Crippen molar-refractivity contribution in [2.45, 2.75) is 59.5 Å². The van der Waals surface area contributed by atoms with Crippen LogP contribution in [0.4, 0.5) is 0 Å². The monoisotopic (exact) mass is 469 g/mol. The summed E-state index contributed by atoms with van der Waals surface area (Å²) in [6, 6.07) is 22.1. The molecule has 1 aromatic heterocycles. The lowest BCUT2D eigenvalue weighted by Crippen LogP contribution is -2.29. The van der Waals surface area contributed by atoms with E-state index in [1.165, 1.54) is 5.56 Å². The molecule has 4 aromatic rings. The molecule has 1 amide bonds. The molecule has 0 radical (unpaired) electrons. The molecule has 0 fully saturated rings. The van der Waals surface area contributed by atoms with E-state index in [0.29, 0.717) is 18.1 Å². The van der Waals surface area contributed by atoms with Crippen molar-refractivity contribution >= 4 is 16.9 Å². The van der Waals surface area contributed by atoms with Crippen molar-refractivity contribution in [3.63, 3.8) is 0 Å². The van der Waals surface area contributed by atoms with Crippen LogP contribution in [0.3, 0.4) is 0 Å². The van der Waals surface area contributed by atoms with Crippen molar-refractivity contribution in [2.24, 2.45) is 0 Å². The van der Waals surface area contributed by atoms with Crippen molar-refractivity contribution in [3.8, 4) is 5.75 Å². The minimum atomic E-state index is -0.236. The molecule has 3 aromatic carbocycles. The molecule has 0 bridgehead atoms. The van der Waals surface area contributed by atoms with Crippen LogP contribution < -0.4 is 10.1 Å². The molecule has 0 aliphatic rings. The Morgan fingerprint density at radius 1 is 1.00 bits per heavy atom. The number of aryl methyl sites for hydroxylation is 3. The van der Waals surface area contributed by atoms with Crippen molar-refractivity contribution in [1.29, 1.82) is 0 Å². The smallest absolute Gasteiger partial charge is 0.252 e. The number of hydrogen-bond acceptors (Lipinski definition) is 3. The largest absolute Gasteiger partial charge is 0.494 e. The Hall–Kier alpha value is -3.60. The second kappa shape index (κ2) is 10.8. The number of nitrogens with zero attached hydrogens (tertiary/aromatic N) is 2. The molecular weight excluding hydrogens is 434 g/mol. The molecule has 0 spiro atoms. The number of hydrogen-bond donors (Lipinski definition) is 1. The van der Waals surface area contributed by atoms with Gasteiger partial charge in [0.25, 0.3) is 5.91 Å². The molecule has 0 saturated heterocycles. The third-order valence-electron chi connectivity index (χ3n) is 6.39. The molecule has 1 atom stereocenters. The number of carbonyl (C=O) groups excluding carboxylic acids is 1. The van der Waals surface area contributed by atoms with Crippen LogP contribution in [0.2, 0.25) is 0 Å². The molecule has 1 unspecified atom stereocenters. The van der Waals surface area contributed by atoms with Gasteiger partial charge in [-0.05, 0) is 74.6 Å². The Morgan fingerprint density at radius 3 is 2.46 bits per heavy atom. The lowest BCUT2D eigenvalue weighted by Gasteiger charge is -2.17. The molecule has 5 heteroatoms. The third-order valence-corrected chi connectivity index (χ3v) is 6.39. The maximum Gasteiger partial charge on any atom is 0.252 e. The van der Waals surface area contributed by atoms with Gasteiger partial charge in [-0.15, -0.1) is 0 Å². The number of imidazole rings is 1. The predicted octanol–water partition coefficient (Wildman–Crippen LogP) is 6.74. The van der Waals surface area contributed by atoms with Gasteiger partial charge in [-0.3, -0.25) is 4.79 Å². The minimum Gasteiger partial charge on any atom is -0.494 e. The zero-order valence-electron chi connectivity index (χ0n) is 21.3. The van der Waals surface area contributed by atoms with Crippen LogP contribution in [0, 0.1) is 13.8 Å². The van der Waals surface area contributed by atoms with Gasteiger partial charge < -0.3 is 14.6 Å². The normalized spacial score (nSPS) is 12.2. The third kappa shape index (κ3) is 5.73. The minimum absolute atomic E-state index is 0.0817. The quantitative estimate of drug-likeness (QED) is 0.276. The second-order valence-corrected chi connectivity index (χ2v) is 9.55. The Labute approximate surface area is 208 Å². The molecule has 1 N–H and O–H groups in total. The Morgan fingerprint density at radius 2 is 1.74 bits per heavy atom. The molecule has 4 rings (SSSR count). The van der Waals surface area contributed by atoms with Gasteiger partial charge in [0.15, 0.2) is 0 Å². The van der Waals surface area contributed by atoms with Crippen molar-refractivity contribution in [3.05, 3.63) is 94.8 Å². The average molecular weight is 470 g/mol. The summed E-state index contributed by atoms with van der Waals surface area (Å²) in [6.07, 6.45) is 0.830. The van der Waals surface area contributed by atoms with Gasteiger partial charge in [0.2, 0.25) is 0 Å². The summed E-state index contributed by atoms with van der Waals surface area (Å²) in [5, 5.41) is 3.15. The summed E-state index contributed by atoms with van der Waals surface area (Å²) in [7, 11) is 0. The molecular formula is C30H35N3O2. The number of benzene rings is 3. The van der Waals surface area contributed by atoms with E-state index >= 15 is 0 Å². The fraction of sp³-hybridized carbons (Fsp3) is 0.333. The lowest BCUT2D eigenvalue weighted by molar-refractivity contribution is 0.0937. The van der Waals surface area contributed by atoms with Gasteiger partial charge in [-0.25, -0.2) is 4.98 Å². The number of amides is 1. The second-order valence-electron chi connectivity index (χ2n) is 9.55. The molecule has 5 nitrogen and oxygen atoms in total. The summed E-state index contributed by atoms with van der Waals surface area (Å²) in [4.78, 5) is 17.9. The number of rotatable bonds is 9. The topological polar surface area (TPSA) is 56.2 Å². The summed E-state index contributed by atoms with van der Waals surface area (Å²) < 4.78 is 8.20. The average Bonchev–Trinajstić information content (AvgIpc) is 3.21. The highest BCUT2D eigenvalue weighted by atomic mass is 16.5. The fourth-order valence-corrected chi connectivity index (χ4v) is 4.43. The fourth-order valence-electron chi connectivity index (χ4n) is 4.43. The summed E-state index contributed by atoms with van der Waals surface area (Å²) in [6.45, 7) is 11.7. The first-order valence-corrected chi connectivity index (χ1v) is 12.4. The number of carbonyl (C=O) groups is 1. The number of ether oxygens (including phenoxy) is 1. The van der Waals surface area contributed by atoms with Crippen molar-refractivity contribution < 1.29 is 9.53 Å². The molecule has 0 saturated carbocycles. The van der Waals surface area contributed by atoms with Gasteiger partial charge in [0.1, 0.15) is 11.6 Å². The van der Waals surface area contributed by atoms with Crippen LogP contribution in [0.25, 0.3) is 11.0 Å². The number of para-hydroxylation sites is 2. The highest BCUT2D eigenvalue weighted by molar-refractivity contribution is 5.96. The maximum atomic E-state index is 13.0. The molecule has 182 valence electrons. The van der Waals surface area contributed by atoms with E-state index in [0.717, 1.165) is 46.7 Å². The zero-order chi connectivity index (χ0) is 24.9. The summed E-state index contributed by atoms with van der Waals surface area (Å²) in [5.41, 5.74) is 6.12. The van der Waals surface area contributed by atoms with E-state index in [9.17, 15) is 4.79 Å². The van der Waals surface area contributed by atoms with E-state index in [1.807, 2.05) is 69.3 Å². The van der Waals surface area contributed by atoms with Crippen LogP contribution in [-0.4, -0.2) is 22.1 Å². The standard InChI is InChI=1S/C30H35N3O2/c1-20(2)24-12-14-25(15-13-24)35-18-8-17-33-28-10-7-6-9-27(28)32-29(33)23(5)31-30(34)26-16-11-21(3)19-22(26)4/h6-7,9-16,19-20,23H,8,17-18H2,1-5H3,(H,31,34). The first-order valence-electron chi connectivity index (χ1n) is 12.4. The van der Waals surface area contributed by atoms with Gasteiger partial charge in [-0.2, -0.15) is 0 Å². The molecule has 0 aliphatic heterocycles. The SMILES string of the molecule is Cc1ccc(C(=O)NC(C)c2nc3ccccc3n2CCCOc2ccc(C(C)C)cc2)c(C)c1.